The molecule has 2 atom stereocenters. The van der Waals surface area contributed by atoms with E-state index < -0.39 is 72.2 Å². The summed E-state index contributed by atoms with van der Waals surface area (Å²) >= 11 is 2.87. The zero-order valence-electron chi connectivity index (χ0n) is 15.6. The Morgan fingerprint density at radius 1 is 1.27 bits per heavy atom. The van der Waals surface area contributed by atoms with Crippen LogP contribution in [0.15, 0.2) is 45.2 Å². The van der Waals surface area contributed by atoms with Crippen molar-refractivity contribution in [2.75, 3.05) is 6.54 Å². The van der Waals surface area contributed by atoms with Gasteiger partial charge in [-0.15, -0.1) is 0 Å². The van der Waals surface area contributed by atoms with E-state index in [2.05, 4.69) is 25.7 Å². The van der Waals surface area contributed by atoms with E-state index in [4.69, 9.17) is 1.37 Å². The fourth-order valence-corrected chi connectivity index (χ4v) is 4.16. The molecule has 30 heavy (non-hydrogen) atoms. The van der Waals surface area contributed by atoms with Gasteiger partial charge in [0.05, 0.1) is 16.6 Å². The van der Waals surface area contributed by atoms with E-state index >= 15 is 0 Å². The Morgan fingerprint density at radius 2 is 1.97 bits per heavy atom. The topological polar surface area (TPSA) is 24.8 Å². The van der Waals surface area contributed by atoms with Crippen molar-refractivity contribution in [2.24, 2.45) is 4.99 Å². The number of hydrogen-bond acceptors (Lipinski definition) is 3. The van der Waals surface area contributed by atoms with Crippen LogP contribution in [0.5, 0.6) is 0 Å². The highest BCUT2D eigenvalue weighted by molar-refractivity contribution is 9.10. The minimum atomic E-state index is -4.93. The molecule has 0 radical (unpaired) electrons. The molecule has 0 amide bonds. The first kappa shape index (κ1) is 19.8. The van der Waals surface area contributed by atoms with Crippen molar-refractivity contribution in [3.05, 3.63) is 57.2 Å². The van der Waals surface area contributed by atoms with Gasteiger partial charge in [-0.1, -0.05) is 6.07 Å². The summed E-state index contributed by atoms with van der Waals surface area (Å²) in [4.78, 5) is 4.84. The molecule has 0 N–H and O–H groups in total. The summed E-state index contributed by atoms with van der Waals surface area (Å²) in [5.41, 5.74) is -4.10. The van der Waals surface area contributed by atoms with E-state index in [9.17, 15) is 35.1 Å². The average Bonchev–Trinajstić information content (AvgIpc) is 2.99. The Hall–Kier alpha value is -2.11. The lowest BCUT2D eigenvalue weighted by atomic mass is 9.75. The summed E-state index contributed by atoms with van der Waals surface area (Å²) in [7, 11) is 0. The van der Waals surface area contributed by atoms with E-state index in [0.717, 1.165) is 4.90 Å². The third-order valence-corrected chi connectivity index (χ3v) is 5.50. The summed E-state index contributed by atoms with van der Waals surface area (Å²) < 4.78 is 121. The monoisotopic (exact) mass is 503 g/mol. The fraction of sp³-hybridized carbons (Fsp3) is 0.389. The van der Waals surface area contributed by atoms with Crippen molar-refractivity contribution in [2.45, 2.75) is 37.1 Å². The molecule has 12 heteroatoms. The molecule has 0 bridgehead atoms. The second kappa shape index (κ2) is 6.69. The Balaban J connectivity index is 1.91. The third-order valence-electron chi connectivity index (χ3n) is 4.89. The third kappa shape index (κ3) is 3.48. The number of aliphatic imine (C=N–C) groups is 1. The first-order valence-electron chi connectivity index (χ1n) is 8.94. The molecule has 3 nitrogen and oxygen atoms in total. The van der Waals surface area contributed by atoms with Gasteiger partial charge in [0, 0.05) is 26.0 Å². The van der Waals surface area contributed by atoms with Gasteiger partial charge in [0.1, 0.15) is 11.4 Å². The predicted molar refractivity (Wildman–Crippen MR) is 92.5 cm³/mol. The fourth-order valence-electron chi connectivity index (χ4n) is 3.81. The van der Waals surface area contributed by atoms with Crippen LogP contribution in [0.4, 0.5) is 35.1 Å². The number of alkyl halides is 7. The van der Waals surface area contributed by atoms with Crippen LogP contribution in [0.2, 0.25) is 0 Å². The second-order valence-corrected chi connectivity index (χ2v) is 7.82. The molecule has 162 valence electrons. The minimum Gasteiger partial charge on any atom is -0.431 e. The molecule has 2 heterocycles. The predicted octanol–water partition coefficient (Wildman–Crippen LogP) is 5.66. The molecule has 4 rings (SSSR count). The number of ether oxygens (including phenoxy) is 1. The van der Waals surface area contributed by atoms with Crippen molar-refractivity contribution in [1.82, 2.24) is 4.90 Å². The zero-order chi connectivity index (χ0) is 22.9. The van der Waals surface area contributed by atoms with Gasteiger partial charge in [0.2, 0.25) is 0 Å². The maximum atomic E-state index is 14.7. The first-order chi connectivity index (χ1) is 14.2. The highest BCUT2D eigenvalue weighted by Gasteiger charge is 2.55. The van der Waals surface area contributed by atoms with Crippen molar-refractivity contribution < 1.29 is 41.2 Å². The van der Waals surface area contributed by atoms with Crippen LogP contribution >= 0.6 is 15.9 Å². The second-order valence-electron chi connectivity index (χ2n) is 6.97. The van der Waals surface area contributed by atoms with Gasteiger partial charge in [0.25, 0.3) is 5.92 Å². The Kier molecular flexibility index (Phi) is 4.42. The Bertz CT molecular complexity index is 1040. The number of fused-ring (bicyclic) bond motifs is 3. The van der Waals surface area contributed by atoms with E-state index in [1.165, 1.54) is 12.1 Å². The van der Waals surface area contributed by atoms with Gasteiger partial charge in [-0.3, -0.25) is 4.99 Å². The Morgan fingerprint density at radius 3 is 2.60 bits per heavy atom. The van der Waals surface area contributed by atoms with Crippen molar-refractivity contribution >= 4 is 21.8 Å². The first-order valence-corrected chi connectivity index (χ1v) is 9.15. The van der Waals surface area contributed by atoms with Gasteiger partial charge in [-0.05, 0) is 33.6 Å². The number of allylic oxidation sites excluding steroid dienone is 2. The number of halogens is 9. The number of hydrogen-bond donors (Lipinski definition) is 0. The number of benzene rings is 1. The summed E-state index contributed by atoms with van der Waals surface area (Å²) in [6.45, 7) is -4.10. The van der Waals surface area contributed by atoms with Gasteiger partial charge >= 0.3 is 12.8 Å². The largest absolute Gasteiger partial charge is 0.431 e. The van der Waals surface area contributed by atoms with E-state index in [1.54, 1.807) is 0 Å². The average molecular weight is 504 g/mol. The standard InChI is InChI=1S/C18H11BrF8N2O/c19-11-2-1-10-9(13(11)20)4-17(23,24)6-16(10)7-29-5-8(18(25,26)27)3-12(14(29)28-16)30-15(21)22/h1-3,5,15H,4,6-7H2/t16-/m1/s1/i4D/t4?,16-. The molecular formula is C18H11BrF8N2O. The Labute approximate surface area is 174 Å². The summed E-state index contributed by atoms with van der Waals surface area (Å²) in [5, 5.41) is 0. The van der Waals surface area contributed by atoms with Crippen LogP contribution in [0.3, 0.4) is 0 Å². The van der Waals surface area contributed by atoms with Crippen molar-refractivity contribution in [3.63, 3.8) is 0 Å². The minimum absolute atomic E-state index is 0.126. The van der Waals surface area contributed by atoms with Crippen molar-refractivity contribution in [1.29, 1.82) is 0 Å². The number of nitrogens with zero attached hydrogens (tertiary/aromatic N) is 2. The number of rotatable bonds is 2. The van der Waals surface area contributed by atoms with Gasteiger partial charge in [-0.25, -0.2) is 13.2 Å². The van der Waals surface area contributed by atoms with Crippen LogP contribution in [0.1, 0.15) is 18.9 Å². The summed E-state index contributed by atoms with van der Waals surface area (Å²) in [5.74, 6) is -6.37. The van der Waals surface area contributed by atoms with Gasteiger partial charge < -0.3 is 9.64 Å². The lowest BCUT2D eigenvalue weighted by Gasteiger charge is -2.38. The zero-order valence-corrected chi connectivity index (χ0v) is 16.2. The highest BCUT2D eigenvalue weighted by atomic mass is 79.9. The molecule has 0 aromatic heterocycles. The van der Waals surface area contributed by atoms with Gasteiger partial charge in [-0.2, -0.15) is 22.0 Å². The van der Waals surface area contributed by atoms with Crippen LogP contribution in [-0.2, 0) is 16.7 Å². The SMILES string of the molecule is [2H]C1c2c(ccc(Br)c2F)[C@]2(CN3C=C(C(F)(F)F)C=C(OC(F)F)C3=N2)CC1(F)F. The molecule has 3 aliphatic rings. The maximum absolute atomic E-state index is 14.7. The number of amidine groups is 1. The van der Waals surface area contributed by atoms with Crippen LogP contribution < -0.4 is 0 Å². The normalized spacial score (nSPS) is 27.9. The molecule has 1 aliphatic carbocycles. The van der Waals surface area contributed by atoms with E-state index in [0.29, 0.717) is 12.3 Å². The molecule has 1 aromatic carbocycles. The molecular weight excluding hydrogens is 492 g/mol. The molecule has 0 saturated heterocycles. The quantitative estimate of drug-likeness (QED) is 0.486. The van der Waals surface area contributed by atoms with Crippen LogP contribution in [-0.4, -0.2) is 36.0 Å². The molecule has 1 spiro atoms. The van der Waals surface area contributed by atoms with Gasteiger partial charge in [0.15, 0.2) is 11.6 Å². The molecule has 1 unspecified atom stereocenters. The molecule has 0 saturated carbocycles. The summed E-state index contributed by atoms with van der Waals surface area (Å²) in [6.07, 6.45) is -7.49. The lowest BCUT2D eigenvalue weighted by Crippen LogP contribution is -2.43. The van der Waals surface area contributed by atoms with E-state index in [-0.39, 0.29) is 10.0 Å². The van der Waals surface area contributed by atoms with Crippen LogP contribution in [0.25, 0.3) is 0 Å². The lowest BCUT2D eigenvalue weighted by molar-refractivity contribution is -0.0981. The summed E-state index contributed by atoms with van der Waals surface area (Å²) in [6, 6.07) is 2.44. The molecule has 1 aromatic rings. The molecule has 0 fully saturated rings. The molecule has 2 aliphatic heterocycles. The van der Waals surface area contributed by atoms with Crippen LogP contribution in [0, 0.1) is 5.82 Å². The van der Waals surface area contributed by atoms with Crippen molar-refractivity contribution in [3.8, 4) is 0 Å². The highest BCUT2D eigenvalue weighted by Crippen LogP contribution is 2.51. The maximum Gasteiger partial charge on any atom is 0.417 e. The van der Waals surface area contributed by atoms with E-state index in [1.807, 2.05) is 0 Å². The smallest absolute Gasteiger partial charge is 0.417 e.